The molecule has 2 heteroatoms. The molecule has 0 saturated heterocycles. The Morgan fingerprint density at radius 3 is 1.02 bits per heavy atom. The molecule has 2 heterocycles. The summed E-state index contributed by atoms with van der Waals surface area (Å²) in [6, 6.07) is 71.7. The maximum Gasteiger partial charge on any atom is 0.201 e. The van der Waals surface area contributed by atoms with Crippen LogP contribution in [0.1, 0.15) is 33.4 Å². The topological polar surface area (TPSA) is 17.1 Å². The zero-order valence-corrected chi connectivity index (χ0v) is 32.8. The van der Waals surface area contributed by atoms with Crippen molar-refractivity contribution in [2.24, 2.45) is 0 Å². The van der Waals surface area contributed by atoms with Gasteiger partial charge in [-0.2, -0.15) is 0 Å². The Hall–Kier alpha value is -7.00. The minimum absolute atomic E-state index is 0.00162. The van der Waals surface area contributed by atoms with Crippen molar-refractivity contribution in [3.8, 4) is 33.4 Å². The fourth-order valence-electron chi connectivity index (χ4n) is 9.98. The van der Waals surface area contributed by atoms with Crippen molar-refractivity contribution in [3.63, 3.8) is 0 Å². The predicted octanol–water partition coefficient (Wildman–Crippen LogP) is 15.4. The largest absolute Gasteiger partial charge is 0.286 e. The molecule has 2 aliphatic heterocycles. The molecule has 2 bridgehead atoms. The number of carbonyl (C=O) groups excluding carboxylic acids is 1. The van der Waals surface area contributed by atoms with Crippen LogP contribution < -0.4 is 0 Å². The number of thioether (sulfide) groups is 1. The molecule has 274 valence electrons. The van der Waals surface area contributed by atoms with Crippen LogP contribution in [0, 0.1) is 0 Å². The lowest BCUT2D eigenvalue weighted by Gasteiger charge is -2.39. The summed E-state index contributed by atoms with van der Waals surface area (Å²) in [5, 5.41) is 15.2. The predicted molar refractivity (Wildman–Crippen MR) is 251 cm³/mol. The second-order valence-corrected chi connectivity index (χ2v) is 17.5. The summed E-state index contributed by atoms with van der Waals surface area (Å²) in [4.78, 5) is 13.7. The van der Waals surface area contributed by atoms with Gasteiger partial charge in [0, 0.05) is 0 Å². The van der Waals surface area contributed by atoms with E-state index in [1.807, 2.05) is 0 Å². The molecule has 1 nitrogen and oxygen atoms in total. The minimum Gasteiger partial charge on any atom is -0.286 e. The van der Waals surface area contributed by atoms with E-state index in [0.29, 0.717) is 0 Å². The minimum atomic E-state index is -0.257. The van der Waals surface area contributed by atoms with Crippen LogP contribution in [0.2, 0.25) is 0 Å². The van der Waals surface area contributed by atoms with E-state index in [1.165, 1.54) is 115 Å². The van der Waals surface area contributed by atoms with E-state index in [9.17, 15) is 4.79 Å². The Labute approximate surface area is 345 Å². The van der Waals surface area contributed by atoms with Crippen LogP contribution >= 0.6 is 11.8 Å². The zero-order chi connectivity index (χ0) is 38.8. The molecule has 2 atom stereocenters. The lowest BCUT2D eigenvalue weighted by molar-refractivity contribution is -0.111. The quantitative estimate of drug-likeness (QED) is 0.167. The summed E-state index contributed by atoms with van der Waals surface area (Å²) >= 11 is 1.50. The molecule has 11 aromatic rings. The third-order valence-corrected chi connectivity index (χ3v) is 14.2. The number of rotatable bonds is 3. The van der Waals surface area contributed by atoms with E-state index < -0.39 is 0 Å². The Morgan fingerprint density at radius 2 is 0.593 bits per heavy atom. The molecule has 14 rings (SSSR count). The third-order valence-electron chi connectivity index (χ3n) is 13.0. The van der Waals surface area contributed by atoms with Gasteiger partial charge in [0.2, 0.25) is 5.12 Å². The molecular formula is C57H34OS. The van der Waals surface area contributed by atoms with Crippen molar-refractivity contribution in [2.75, 3.05) is 0 Å². The fraction of sp³-hybridized carbons (Fsp3) is 0.0351. The van der Waals surface area contributed by atoms with Gasteiger partial charge in [-0.15, -0.1) is 0 Å². The lowest BCUT2D eigenvalue weighted by Crippen LogP contribution is -2.28. The highest BCUT2D eigenvalue weighted by molar-refractivity contribution is 8.14. The van der Waals surface area contributed by atoms with E-state index >= 15 is 0 Å². The fourth-order valence-corrected chi connectivity index (χ4v) is 11.3. The molecular weight excluding hydrogens is 733 g/mol. The Kier molecular flexibility index (Phi) is 7.00. The van der Waals surface area contributed by atoms with Gasteiger partial charge in [0.25, 0.3) is 0 Å². The Bertz CT molecular complexity index is 3630. The lowest BCUT2D eigenvalue weighted by atomic mass is 9.76. The van der Waals surface area contributed by atoms with Crippen LogP contribution in [-0.2, 0) is 4.79 Å². The summed E-state index contributed by atoms with van der Waals surface area (Å²) in [5.41, 5.74) is 12.0. The van der Waals surface area contributed by atoms with Gasteiger partial charge in [-0.1, -0.05) is 133 Å². The SMILES string of the molecule is O=C1SC2c3cc(-c4ccc5cc6ccccc6cc5c4)ccc3C1c1cc(-c3ccc4cc5cc(-c6ccc7cc8ccccc8cc7c6)ccc5cc4c3)ccc12. The van der Waals surface area contributed by atoms with Crippen molar-refractivity contribution in [1.82, 2.24) is 0 Å². The summed E-state index contributed by atoms with van der Waals surface area (Å²) in [7, 11) is 0. The molecule has 59 heavy (non-hydrogen) atoms. The molecule has 0 aromatic heterocycles. The van der Waals surface area contributed by atoms with Crippen molar-refractivity contribution < 1.29 is 4.79 Å². The summed E-state index contributed by atoms with van der Waals surface area (Å²) in [6.07, 6.45) is 0. The van der Waals surface area contributed by atoms with Gasteiger partial charge in [0.1, 0.15) is 0 Å². The number of benzene rings is 11. The standard InChI is InChI=1S/C57H34OS/c58-57-55-51-19-17-46(40-11-14-42-22-34-6-2-4-8-36(34)24-48(42)28-40)32-54(51)56(59-57)52-20-18-45(31-53(52)55)39-12-16-44-29-49-26-38(10-15-43(49)30-50(44)27-39)37-9-13-41-21-33-5-1-3-7-35(33)23-47(41)25-37/h1-32,55-56H. The maximum atomic E-state index is 13.7. The number of carbonyl (C=O) groups is 1. The zero-order valence-electron chi connectivity index (χ0n) is 31.9. The molecule has 11 aromatic carbocycles. The van der Waals surface area contributed by atoms with E-state index in [4.69, 9.17) is 0 Å². The van der Waals surface area contributed by atoms with Crippen LogP contribution in [0.3, 0.4) is 0 Å². The first-order valence-electron chi connectivity index (χ1n) is 20.4. The molecule has 0 radical (unpaired) electrons. The van der Waals surface area contributed by atoms with Crippen molar-refractivity contribution >= 4 is 81.5 Å². The smallest absolute Gasteiger partial charge is 0.201 e. The molecule has 2 unspecified atom stereocenters. The average molecular weight is 767 g/mol. The number of fused-ring (bicyclic) bond motifs is 7. The highest BCUT2D eigenvalue weighted by atomic mass is 32.2. The van der Waals surface area contributed by atoms with Crippen molar-refractivity contribution in [3.05, 3.63) is 216 Å². The third kappa shape index (κ3) is 5.23. The highest BCUT2D eigenvalue weighted by Crippen LogP contribution is 2.57. The van der Waals surface area contributed by atoms with Gasteiger partial charge >= 0.3 is 0 Å². The van der Waals surface area contributed by atoms with Gasteiger partial charge in [0.05, 0.1) is 11.2 Å². The normalized spacial score (nSPS) is 15.8. The number of hydrogen-bond acceptors (Lipinski definition) is 2. The number of hydrogen-bond donors (Lipinski definition) is 0. The molecule has 0 N–H and O–H groups in total. The van der Waals surface area contributed by atoms with Gasteiger partial charge in [-0.05, 0) is 193 Å². The molecule has 0 saturated carbocycles. The Balaban J connectivity index is 0.821. The Morgan fingerprint density at radius 1 is 0.271 bits per heavy atom. The van der Waals surface area contributed by atoms with Crippen molar-refractivity contribution in [2.45, 2.75) is 11.2 Å². The first-order chi connectivity index (χ1) is 29.1. The second kappa shape index (κ2) is 12.5. The van der Waals surface area contributed by atoms with E-state index in [0.717, 1.165) is 16.7 Å². The van der Waals surface area contributed by atoms with Crippen LogP contribution in [0.4, 0.5) is 0 Å². The first-order valence-corrected chi connectivity index (χ1v) is 21.3. The van der Waals surface area contributed by atoms with E-state index in [1.54, 1.807) is 0 Å². The van der Waals surface area contributed by atoms with Gasteiger partial charge < -0.3 is 0 Å². The maximum absolute atomic E-state index is 13.7. The average Bonchev–Trinajstić information content (AvgIpc) is 3.28. The molecule has 0 fully saturated rings. The van der Waals surface area contributed by atoms with Gasteiger partial charge in [0.15, 0.2) is 0 Å². The summed E-state index contributed by atoms with van der Waals surface area (Å²) in [6.45, 7) is 0. The van der Waals surface area contributed by atoms with E-state index in [-0.39, 0.29) is 16.3 Å². The molecule has 0 spiro atoms. The summed E-state index contributed by atoms with van der Waals surface area (Å²) < 4.78 is 0. The second-order valence-electron chi connectivity index (χ2n) is 16.4. The van der Waals surface area contributed by atoms with Gasteiger partial charge in [-0.25, -0.2) is 0 Å². The molecule has 3 aliphatic rings. The highest BCUT2D eigenvalue weighted by Gasteiger charge is 2.43. The van der Waals surface area contributed by atoms with Crippen LogP contribution in [0.25, 0.3) is 98.0 Å². The monoisotopic (exact) mass is 766 g/mol. The molecule has 1 aliphatic carbocycles. The van der Waals surface area contributed by atoms with E-state index in [2.05, 4.69) is 194 Å². The summed E-state index contributed by atoms with van der Waals surface area (Å²) in [5.74, 6) is -0.257. The van der Waals surface area contributed by atoms with Crippen LogP contribution in [0.15, 0.2) is 194 Å². The van der Waals surface area contributed by atoms with Crippen LogP contribution in [-0.4, -0.2) is 5.12 Å². The first kappa shape index (κ1) is 33.0. The van der Waals surface area contributed by atoms with Crippen molar-refractivity contribution in [1.29, 1.82) is 0 Å². The molecule has 0 amide bonds. The van der Waals surface area contributed by atoms with Gasteiger partial charge in [-0.3, -0.25) is 4.79 Å². The van der Waals surface area contributed by atoms with Crippen LogP contribution in [0.5, 0.6) is 0 Å².